The van der Waals surface area contributed by atoms with Gasteiger partial charge in [0.15, 0.2) is 4.77 Å². The van der Waals surface area contributed by atoms with Crippen molar-refractivity contribution in [1.82, 2.24) is 9.55 Å². The molecule has 0 amide bonds. The molecule has 1 aliphatic rings. The molecule has 2 aromatic rings. The first-order valence-electron chi connectivity index (χ1n) is 5.61. The number of hydrogen-bond donors (Lipinski definition) is 1. The maximum absolute atomic E-state index is 5.40. The largest absolute Gasteiger partial charge is 0.381 e. The van der Waals surface area contributed by atoms with E-state index in [2.05, 4.69) is 37.6 Å². The summed E-state index contributed by atoms with van der Waals surface area (Å²) in [5, 5.41) is 0. The molecule has 1 N–H and O–H groups in total. The van der Waals surface area contributed by atoms with Gasteiger partial charge in [-0.25, -0.2) is 0 Å². The quantitative estimate of drug-likeness (QED) is 0.855. The summed E-state index contributed by atoms with van der Waals surface area (Å²) in [5.41, 5.74) is 2.27. The van der Waals surface area contributed by atoms with Gasteiger partial charge in [0.25, 0.3) is 0 Å². The summed E-state index contributed by atoms with van der Waals surface area (Å²) < 4.78 is 9.41. The Balaban J connectivity index is 2.05. The van der Waals surface area contributed by atoms with Gasteiger partial charge in [-0.1, -0.05) is 15.9 Å². The minimum atomic E-state index is 0.391. The van der Waals surface area contributed by atoms with Gasteiger partial charge in [-0.15, -0.1) is 0 Å². The van der Waals surface area contributed by atoms with E-state index in [0.29, 0.717) is 12.1 Å². The van der Waals surface area contributed by atoms with Crippen molar-refractivity contribution >= 4 is 39.2 Å². The topological polar surface area (TPSA) is 29.9 Å². The van der Waals surface area contributed by atoms with E-state index in [4.69, 9.17) is 17.0 Å². The lowest BCUT2D eigenvalue weighted by Gasteiger charge is -2.35. The van der Waals surface area contributed by atoms with Crippen molar-refractivity contribution in [2.75, 3.05) is 7.11 Å². The number of aromatic amines is 1. The van der Waals surface area contributed by atoms with Crippen LogP contribution in [0, 0.1) is 4.77 Å². The Morgan fingerprint density at radius 2 is 2.24 bits per heavy atom. The van der Waals surface area contributed by atoms with Gasteiger partial charge in [0, 0.05) is 17.6 Å². The van der Waals surface area contributed by atoms with E-state index in [0.717, 1.165) is 27.6 Å². The molecule has 5 heteroatoms. The predicted molar refractivity (Wildman–Crippen MR) is 73.9 cm³/mol. The zero-order valence-corrected chi connectivity index (χ0v) is 11.8. The molecule has 3 rings (SSSR count). The van der Waals surface area contributed by atoms with Gasteiger partial charge in [-0.3, -0.25) is 0 Å². The molecule has 17 heavy (non-hydrogen) atoms. The normalized spacial score (nSPS) is 23.9. The highest BCUT2D eigenvalue weighted by molar-refractivity contribution is 9.10. The molecule has 90 valence electrons. The molecule has 1 aromatic carbocycles. The number of nitrogens with zero attached hydrogens (tertiary/aromatic N) is 1. The van der Waals surface area contributed by atoms with E-state index in [9.17, 15) is 0 Å². The Bertz CT molecular complexity index is 612. The number of imidazole rings is 1. The van der Waals surface area contributed by atoms with Crippen LogP contribution in [0.5, 0.6) is 0 Å². The molecule has 1 fully saturated rings. The average Bonchev–Trinajstić information content (AvgIpc) is 2.53. The zero-order chi connectivity index (χ0) is 12.0. The second-order valence-electron chi connectivity index (χ2n) is 4.44. The third-order valence-electron chi connectivity index (χ3n) is 3.45. The second kappa shape index (κ2) is 4.23. The second-order valence-corrected chi connectivity index (χ2v) is 5.75. The summed E-state index contributed by atoms with van der Waals surface area (Å²) in [6.45, 7) is 0. The molecule has 3 nitrogen and oxygen atoms in total. The number of nitrogens with one attached hydrogen (secondary N) is 1. The first kappa shape index (κ1) is 11.4. The van der Waals surface area contributed by atoms with Crippen LogP contribution in [0.4, 0.5) is 0 Å². The summed E-state index contributed by atoms with van der Waals surface area (Å²) in [5.74, 6) is 0. The molecule has 0 radical (unpaired) electrons. The monoisotopic (exact) mass is 312 g/mol. The van der Waals surface area contributed by atoms with E-state index in [1.807, 2.05) is 6.07 Å². The molecule has 0 atom stereocenters. The number of methoxy groups -OCH3 is 1. The summed E-state index contributed by atoms with van der Waals surface area (Å²) in [4.78, 5) is 3.26. The fourth-order valence-electron chi connectivity index (χ4n) is 2.41. The number of aromatic nitrogens is 2. The summed E-state index contributed by atoms with van der Waals surface area (Å²) in [6, 6.07) is 6.69. The Kier molecular flexibility index (Phi) is 2.84. The zero-order valence-electron chi connectivity index (χ0n) is 9.44. The Morgan fingerprint density at radius 3 is 2.94 bits per heavy atom. The van der Waals surface area contributed by atoms with Crippen molar-refractivity contribution in [3.8, 4) is 0 Å². The summed E-state index contributed by atoms with van der Waals surface area (Å²) in [7, 11) is 1.77. The van der Waals surface area contributed by atoms with Crippen molar-refractivity contribution in [3.63, 3.8) is 0 Å². The number of halogens is 1. The van der Waals surface area contributed by atoms with Crippen molar-refractivity contribution in [1.29, 1.82) is 0 Å². The van der Waals surface area contributed by atoms with Crippen molar-refractivity contribution in [2.45, 2.75) is 25.0 Å². The maximum atomic E-state index is 5.40. The van der Waals surface area contributed by atoms with Gasteiger partial charge >= 0.3 is 0 Å². The first-order chi connectivity index (χ1) is 8.19. The number of rotatable bonds is 2. The third kappa shape index (κ3) is 1.86. The lowest BCUT2D eigenvalue weighted by atomic mass is 9.89. The summed E-state index contributed by atoms with van der Waals surface area (Å²) in [6.07, 6.45) is 2.49. The Morgan fingerprint density at radius 1 is 1.47 bits per heavy atom. The van der Waals surface area contributed by atoms with Gasteiger partial charge in [-0.2, -0.15) is 0 Å². The average molecular weight is 313 g/mol. The van der Waals surface area contributed by atoms with Crippen LogP contribution in [0.2, 0.25) is 0 Å². The van der Waals surface area contributed by atoms with Gasteiger partial charge in [0.05, 0.1) is 17.1 Å². The molecule has 0 spiro atoms. The molecule has 0 aliphatic heterocycles. The number of hydrogen-bond acceptors (Lipinski definition) is 2. The van der Waals surface area contributed by atoms with Crippen LogP contribution < -0.4 is 0 Å². The van der Waals surface area contributed by atoms with Crippen molar-refractivity contribution in [2.24, 2.45) is 0 Å². The van der Waals surface area contributed by atoms with E-state index in [-0.39, 0.29) is 0 Å². The van der Waals surface area contributed by atoms with Crippen LogP contribution in [0.25, 0.3) is 11.0 Å². The molecule has 0 bridgehead atoms. The van der Waals surface area contributed by atoms with E-state index in [1.54, 1.807) is 7.11 Å². The van der Waals surface area contributed by atoms with Crippen LogP contribution in [-0.4, -0.2) is 22.8 Å². The number of fused-ring (bicyclic) bond motifs is 1. The summed E-state index contributed by atoms with van der Waals surface area (Å²) >= 11 is 8.87. The van der Waals surface area contributed by atoms with Crippen LogP contribution >= 0.6 is 28.1 Å². The predicted octanol–water partition coefficient (Wildman–Crippen LogP) is 3.81. The van der Waals surface area contributed by atoms with Gasteiger partial charge in [-0.05, 0) is 43.3 Å². The molecule has 1 aliphatic carbocycles. The molecule has 0 unspecified atom stereocenters. The number of ether oxygens (including phenoxy) is 1. The maximum Gasteiger partial charge on any atom is 0.178 e. The van der Waals surface area contributed by atoms with E-state index in [1.165, 1.54) is 5.52 Å². The van der Waals surface area contributed by atoms with Gasteiger partial charge in [0.2, 0.25) is 0 Å². The molecular formula is C12H13BrN2OS. The highest BCUT2D eigenvalue weighted by Gasteiger charge is 2.31. The highest BCUT2D eigenvalue weighted by atomic mass is 79.9. The Labute approximate surface area is 113 Å². The van der Waals surface area contributed by atoms with E-state index >= 15 is 0 Å². The number of H-pyrrole nitrogens is 1. The van der Waals surface area contributed by atoms with Crippen molar-refractivity contribution < 1.29 is 4.74 Å². The van der Waals surface area contributed by atoms with Crippen LogP contribution in [0.1, 0.15) is 18.9 Å². The lowest BCUT2D eigenvalue weighted by Crippen LogP contribution is -2.32. The highest BCUT2D eigenvalue weighted by Crippen LogP contribution is 2.36. The molecule has 1 saturated carbocycles. The minimum Gasteiger partial charge on any atom is -0.381 e. The van der Waals surface area contributed by atoms with Crippen LogP contribution in [-0.2, 0) is 4.74 Å². The molecule has 1 heterocycles. The molecule has 0 saturated heterocycles. The van der Waals surface area contributed by atoms with Gasteiger partial charge in [0.1, 0.15) is 0 Å². The van der Waals surface area contributed by atoms with Crippen molar-refractivity contribution in [3.05, 3.63) is 27.4 Å². The lowest BCUT2D eigenvalue weighted by molar-refractivity contribution is 0.00698. The fourth-order valence-corrected chi connectivity index (χ4v) is 3.13. The number of benzene rings is 1. The smallest absolute Gasteiger partial charge is 0.178 e. The van der Waals surface area contributed by atoms with E-state index < -0.39 is 0 Å². The fraction of sp³-hybridized carbons (Fsp3) is 0.417. The minimum absolute atomic E-state index is 0.391. The van der Waals surface area contributed by atoms with Crippen LogP contribution in [0.3, 0.4) is 0 Å². The molecular weight excluding hydrogens is 300 g/mol. The Hall–Kier alpha value is -0.650. The van der Waals surface area contributed by atoms with Gasteiger partial charge < -0.3 is 14.3 Å². The third-order valence-corrected chi connectivity index (χ3v) is 4.24. The molecule has 1 aromatic heterocycles. The standard InChI is InChI=1S/C12H13BrN2OS/c1-16-9-5-8(6-9)15-11-3-2-7(13)4-10(11)14-12(15)17/h2-4,8-9H,5-6H2,1H3,(H,14,17). The SMILES string of the molecule is COC1CC(n2c(=S)[nH]c3cc(Br)ccc32)C1. The van der Waals surface area contributed by atoms with Crippen LogP contribution in [0.15, 0.2) is 22.7 Å². The first-order valence-corrected chi connectivity index (χ1v) is 6.81.